The minimum Gasteiger partial charge on any atom is -0.378 e. The van der Waals surface area contributed by atoms with Gasteiger partial charge < -0.3 is 20.3 Å². The minimum atomic E-state index is -0.706. The van der Waals surface area contributed by atoms with Crippen molar-refractivity contribution in [3.63, 3.8) is 0 Å². The average molecular weight is 355 g/mol. The van der Waals surface area contributed by atoms with Crippen LogP contribution in [0.5, 0.6) is 0 Å². The summed E-state index contributed by atoms with van der Waals surface area (Å²) in [5, 5.41) is 5.22. The summed E-state index contributed by atoms with van der Waals surface area (Å²) in [6.07, 6.45) is -0.313. The number of hydrogen-bond donors (Lipinski definition) is 2. The van der Waals surface area contributed by atoms with Crippen LogP contribution < -0.4 is 15.5 Å². The molecule has 2 rings (SSSR count). The number of nitrogens with one attached hydrogen (secondary N) is 2. The van der Waals surface area contributed by atoms with E-state index in [1.165, 1.54) is 0 Å². The summed E-state index contributed by atoms with van der Waals surface area (Å²) >= 11 is 0. The Hall–Kier alpha value is -2.86. The third-order valence-electron chi connectivity index (χ3n) is 4.12. The molecule has 0 radical (unpaired) electrons. The van der Waals surface area contributed by atoms with Gasteiger partial charge in [-0.2, -0.15) is 0 Å². The van der Waals surface area contributed by atoms with Crippen molar-refractivity contribution in [3.8, 4) is 0 Å². The fourth-order valence-electron chi connectivity index (χ4n) is 2.56. The molecule has 138 valence electrons. The van der Waals surface area contributed by atoms with E-state index in [0.717, 1.165) is 16.8 Å². The van der Waals surface area contributed by atoms with Gasteiger partial charge in [-0.25, -0.2) is 0 Å². The minimum absolute atomic E-state index is 0.215. The maximum Gasteiger partial charge on any atom is 0.313 e. The molecule has 0 aliphatic carbocycles. The van der Waals surface area contributed by atoms with Crippen molar-refractivity contribution in [2.45, 2.75) is 13.0 Å². The molecule has 6 heteroatoms. The van der Waals surface area contributed by atoms with Crippen molar-refractivity contribution in [1.29, 1.82) is 0 Å². The summed E-state index contributed by atoms with van der Waals surface area (Å²) in [4.78, 5) is 26.1. The first-order valence-corrected chi connectivity index (χ1v) is 8.37. The highest BCUT2D eigenvalue weighted by molar-refractivity contribution is 6.39. The normalized spacial score (nSPS) is 11.5. The molecule has 0 aliphatic rings. The van der Waals surface area contributed by atoms with Crippen molar-refractivity contribution in [3.05, 3.63) is 59.7 Å². The molecule has 6 nitrogen and oxygen atoms in total. The smallest absolute Gasteiger partial charge is 0.313 e. The van der Waals surface area contributed by atoms with Gasteiger partial charge in [0.1, 0.15) is 0 Å². The summed E-state index contributed by atoms with van der Waals surface area (Å²) in [6.45, 7) is 2.19. The maximum absolute atomic E-state index is 12.1. The Kier molecular flexibility index (Phi) is 6.74. The lowest BCUT2D eigenvalue weighted by atomic mass is 10.0. The van der Waals surface area contributed by atoms with Gasteiger partial charge in [-0.1, -0.05) is 24.3 Å². The van der Waals surface area contributed by atoms with Crippen molar-refractivity contribution in [2.75, 3.05) is 38.0 Å². The predicted octanol–water partition coefficient (Wildman–Crippen LogP) is 2.50. The van der Waals surface area contributed by atoms with E-state index < -0.39 is 11.8 Å². The van der Waals surface area contributed by atoms with Crippen molar-refractivity contribution in [2.24, 2.45) is 0 Å². The largest absolute Gasteiger partial charge is 0.378 e. The lowest BCUT2D eigenvalue weighted by Gasteiger charge is -2.18. The molecule has 1 unspecified atom stereocenters. The molecular weight excluding hydrogens is 330 g/mol. The van der Waals surface area contributed by atoms with Crippen LogP contribution in [0.2, 0.25) is 0 Å². The Bertz CT molecular complexity index is 757. The van der Waals surface area contributed by atoms with Crippen LogP contribution in [0.25, 0.3) is 0 Å². The number of rotatable bonds is 6. The van der Waals surface area contributed by atoms with Crippen LogP contribution in [0.15, 0.2) is 48.5 Å². The number of amides is 2. The third kappa shape index (κ3) is 5.07. The van der Waals surface area contributed by atoms with Gasteiger partial charge in [0.25, 0.3) is 0 Å². The van der Waals surface area contributed by atoms with Crippen LogP contribution in [-0.4, -0.2) is 39.6 Å². The molecular formula is C20H25N3O3. The molecule has 0 aliphatic heterocycles. The first-order valence-electron chi connectivity index (χ1n) is 8.37. The Morgan fingerprint density at radius 3 is 2.27 bits per heavy atom. The van der Waals surface area contributed by atoms with E-state index in [2.05, 4.69) is 10.6 Å². The Balaban J connectivity index is 1.92. The lowest BCUT2D eigenvalue weighted by molar-refractivity contribution is -0.136. The highest BCUT2D eigenvalue weighted by Crippen LogP contribution is 2.19. The Labute approximate surface area is 154 Å². The topological polar surface area (TPSA) is 70.7 Å². The Morgan fingerprint density at radius 1 is 1.04 bits per heavy atom. The average Bonchev–Trinajstić information content (AvgIpc) is 2.63. The number of ether oxygens (including phenoxy) is 1. The lowest BCUT2D eigenvalue weighted by Crippen LogP contribution is -2.38. The molecule has 2 aromatic rings. The first kappa shape index (κ1) is 19.5. The molecule has 2 amide bonds. The zero-order valence-electron chi connectivity index (χ0n) is 15.6. The number of nitrogens with zero attached hydrogens (tertiary/aromatic N) is 1. The van der Waals surface area contributed by atoms with E-state index >= 15 is 0 Å². The number of methoxy groups -OCH3 is 1. The maximum atomic E-state index is 12.1. The fraction of sp³-hybridized carbons (Fsp3) is 0.300. The number of anilines is 2. The Morgan fingerprint density at radius 2 is 1.69 bits per heavy atom. The van der Waals surface area contributed by atoms with Crippen molar-refractivity contribution < 1.29 is 14.3 Å². The summed E-state index contributed by atoms with van der Waals surface area (Å²) in [5.41, 5.74) is 3.63. The molecule has 26 heavy (non-hydrogen) atoms. The standard InChI is InChI=1S/C20H25N3O3/c1-14-7-5-6-8-17(14)18(26-4)13-21-19(24)20(25)22-15-9-11-16(12-10-15)23(2)3/h5-12,18H,13H2,1-4H3,(H,21,24)(H,22,25). The SMILES string of the molecule is COC(CNC(=O)C(=O)Nc1ccc(N(C)C)cc1)c1ccccc1C. The van der Waals surface area contributed by atoms with Gasteiger partial charge in [-0.15, -0.1) is 0 Å². The quantitative estimate of drug-likeness (QED) is 0.781. The highest BCUT2D eigenvalue weighted by atomic mass is 16.5. The van der Waals surface area contributed by atoms with Gasteiger partial charge in [0.15, 0.2) is 0 Å². The van der Waals surface area contributed by atoms with Gasteiger partial charge in [-0.3, -0.25) is 9.59 Å². The summed E-state index contributed by atoms with van der Waals surface area (Å²) in [5.74, 6) is -1.40. The number of carbonyl (C=O) groups is 2. The second-order valence-electron chi connectivity index (χ2n) is 6.19. The van der Waals surface area contributed by atoms with Crippen LogP contribution in [0.1, 0.15) is 17.2 Å². The molecule has 0 aromatic heterocycles. The summed E-state index contributed by atoms with van der Waals surface area (Å²) in [6, 6.07) is 15.0. The van der Waals surface area contributed by atoms with Gasteiger partial charge >= 0.3 is 11.8 Å². The summed E-state index contributed by atoms with van der Waals surface area (Å²) < 4.78 is 5.45. The van der Waals surface area contributed by atoms with Gasteiger partial charge in [-0.05, 0) is 42.3 Å². The van der Waals surface area contributed by atoms with E-state index in [1.807, 2.05) is 62.3 Å². The van der Waals surface area contributed by atoms with E-state index in [1.54, 1.807) is 19.2 Å². The van der Waals surface area contributed by atoms with Crippen LogP contribution in [0.3, 0.4) is 0 Å². The van der Waals surface area contributed by atoms with Gasteiger partial charge in [0, 0.05) is 39.1 Å². The van der Waals surface area contributed by atoms with Crippen LogP contribution in [0, 0.1) is 6.92 Å². The van der Waals surface area contributed by atoms with Gasteiger partial charge in [0.2, 0.25) is 0 Å². The molecule has 0 saturated carbocycles. The molecule has 1 atom stereocenters. The van der Waals surface area contributed by atoms with Crippen molar-refractivity contribution in [1.82, 2.24) is 5.32 Å². The van der Waals surface area contributed by atoms with E-state index in [0.29, 0.717) is 5.69 Å². The van der Waals surface area contributed by atoms with E-state index in [4.69, 9.17) is 4.74 Å². The van der Waals surface area contributed by atoms with Crippen LogP contribution in [0.4, 0.5) is 11.4 Å². The number of hydrogen-bond acceptors (Lipinski definition) is 4. The predicted molar refractivity (Wildman–Crippen MR) is 103 cm³/mol. The van der Waals surface area contributed by atoms with Crippen LogP contribution in [-0.2, 0) is 14.3 Å². The molecule has 0 spiro atoms. The summed E-state index contributed by atoms with van der Waals surface area (Å²) in [7, 11) is 5.44. The zero-order chi connectivity index (χ0) is 19.1. The fourth-order valence-corrected chi connectivity index (χ4v) is 2.56. The second-order valence-corrected chi connectivity index (χ2v) is 6.19. The number of carbonyl (C=O) groups excluding carboxylic acids is 2. The molecule has 0 heterocycles. The number of benzene rings is 2. The molecule has 0 fully saturated rings. The molecule has 0 saturated heterocycles. The molecule has 2 aromatic carbocycles. The van der Waals surface area contributed by atoms with E-state index in [9.17, 15) is 9.59 Å². The third-order valence-corrected chi connectivity index (χ3v) is 4.12. The number of aryl methyl sites for hydroxylation is 1. The van der Waals surface area contributed by atoms with Crippen LogP contribution >= 0.6 is 0 Å². The highest BCUT2D eigenvalue weighted by Gasteiger charge is 2.18. The first-order chi connectivity index (χ1) is 12.4. The van der Waals surface area contributed by atoms with E-state index in [-0.39, 0.29) is 12.6 Å². The van der Waals surface area contributed by atoms with Crippen molar-refractivity contribution >= 4 is 23.2 Å². The monoisotopic (exact) mass is 355 g/mol. The zero-order valence-corrected chi connectivity index (χ0v) is 15.6. The second kappa shape index (κ2) is 9.01. The molecule has 0 bridgehead atoms. The molecule has 2 N–H and O–H groups in total. The van der Waals surface area contributed by atoms with Gasteiger partial charge in [0.05, 0.1) is 6.10 Å².